The Labute approximate surface area is 178 Å². The van der Waals surface area contributed by atoms with Gasteiger partial charge in [0.25, 0.3) is 5.91 Å². The summed E-state index contributed by atoms with van der Waals surface area (Å²) >= 11 is 5.76. The maximum absolute atomic E-state index is 13.7. The summed E-state index contributed by atoms with van der Waals surface area (Å²) in [6, 6.07) is 7.34. The number of nitrogens with zero attached hydrogens (tertiary/aromatic N) is 2. The molecule has 5 nitrogen and oxygen atoms in total. The maximum Gasteiger partial charge on any atom is 0.434 e. The molecule has 0 radical (unpaired) electrons. The topological polar surface area (TPSA) is 56.1 Å². The van der Waals surface area contributed by atoms with E-state index in [1.807, 2.05) is 0 Å². The molecule has 1 N–H and O–H groups in total. The fourth-order valence-corrected chi connectivity index (χ4v) is 2.84. The summed E-state index contributed by atoms with van der Waals surface area (Å²) in [6.45, 7) is 1.19. The normalized spacial score (nSPS) is 12.5. The van der Waals surface area contributed by atoms with E-state index in [2.05, 4.69) is 10.4 Å². The number of ether oxygens (including phenoxy) is 1. The van der Waals surface area contributed by atoms with Crippen LogP contribution in [0, 0.1) is 11.6 Å². The van der Waals surface area contributed by atoms with Crippen molar-refractivity contribution >= 4 is 17.5 Å². The number of aromatic nitrogens is 2. The first-order valence-corrected chi connectivity index (χ1v) is 9.24. The highest BCUT2D eigenvalue weighted by molar-refractivity contribution is 6.30. The Morgan fingerprint density at radius 3 is 2.48 bits per heavy atom. The lowest BCUT2D eigenvalue weighted by molar-refractivity contribution is -0.143. The molecule has 0 saturated carbocycles. The number of nitrogens with one attached hydrogen (secondary N) is 1. The van der Waals surface area contributed by atoms with Gasteiger partial charge in [-0.25, -0.2) is 13.5 Å². The molecule has 0 saturated heterocycles. The van der Waals surface area contributed by atoms with Crippen LogP contribution in [-0.2, 0) is 6.18 Å². The molecule has 3 aromatic rings. The molecule has 1 aromatic heterocycles. The number of alkyl halides is 3. The van der Waals surface area contributed by atoms with Gasteiger partial charge in [0.2, 0.25) is 0 Å². The number of benzene rings is 2. The smallest absolute Gasteiger partial charge is 0.434 e. The average molecular weight is 460 g/mol. The number of carbonyl (C=O) groups is 1. The lowest BCUT2D eigenvalue weighted by Crippen LogP contribution is -2.37. The SMILES string of the molecule is CC(COc1ccc(F)cc1F)NC(=O)c1cnn(-c2ccc(Cl)cc2)c1C(F)(F)F. The van der Waals surface area contributed by atoms with Crippen LogP contribution >= 0.6 is 11.6 Å². The average Bonchev–Trinajstić information content (AvgIpc) is 3.14. The highest BCUT2D eigenvalue weighted by atomic mass is 35.5. The molecule has 0 bridgehead atoms. The molecule has 0 aliphatic heterocycles. The van der Waals surface area contributed by atoms with Crippen molar-refractivity contribution in [1.29, 1.82) is 0 Å². The van der Waals surface area contributed by atoms with E-state index in [1.165, 1.54) is 31.2 Å². The van der Waals surface area contributed by atoms with E-state index < -0.39 is 41.0 Å². The highest BCUT2D eigenvalue weighted by Gasteiger charge is 2.40. The third-order valence-electron chi connectivity index (χ3n) is 4.11. The Bertz CT molecular complexity index is 1080. The number of hydrogen-bond acceptors (Lipinski definition) is 3. The number of rotatable bonds is 6. The number of hydrogen-bond donors (Lipinski definition) is 1. The van der Waals surface area contributed by atoms with Crippen LogP contribution in [0.3, 0.4) is 0 Å². The second-order valence-corrected chi connectivity index (χ2v) is 6.99. The van der Waals surface area contributed by atoms with Gasteiger partial charge >= 0.3 is 6.18 Å². The van der Waals surface area contributed by atoms with Crippen molar-refractivity contribution in [2.45, 2.75) is 19.1 Å². The molecule has 3 rings (SSSR count). The van der Waals surface area contributed by atoms with E-state index in [0.717, 1.165) is 18.3 Å². The highest BCUT2D eigenvalue weighted by Crippen LogP contribution is 2.34. The molecule has 1 atom stereocenters. The summed E-state index contributed by atoms with van der Waals surface area (Å²) in [7, 11) is 0. The standard InChI is InChI=1S/C20H15ClF5N3O2/c1-11(10-31-17-7-4-13(22)8-16(17)23)28-19(30)15-9-27-29(18(15)20(24,25)26)14-5-2-12(21)3-6-14/h2-9,11H,10H2,1H3,(H,28,30). The first kappa shape index (κ1) is 22.5. The van der Waals surface area contributed by atoms with Gasteiger partial charge in [-0.05, 0) is 43.3 Å². The summed E-state index contributed by atoms with van der Waals surface area (Å²) < 4.78 is 73.4. The second kappa shape index (κ2) is 8.93. The van der Waals surface area contributed by atoms with Crippen molar-refractivity contribution in [3.63, 3.8) is 0 Å². The van der Waals surface area contributed by atoms with Crippen LogP contribution < -0.4 is 10.1 Å². The zero-order valence-corrected chi connectivity index (χ0v) is 16.6. The van der Waals surface area contributed by atoms with E-state index in [-0.39, 0.29) is 18.0 Å². The number of carbonyl (C=O) groups excluding carboxylic acids is 1. The number of halogens is 6. The van der Waals surface area contributed by atoms with Crippen LogP contribution in [0.1, 0.15) is 23.0 Å². The first-order chi connectivity index (χ1) is 14.6. The molecule has 1 heterocycles. The molecular formula is C20H15ClF5N3O2. The van der Waals surface area contributed by atoms with Crippen molar-refractivity contribution in [2.24, 2.45) is 0 Å². The quantitative estimate of drug-likeness (QED) is 0.527. The summed E-state index contributed by atoms with van der Waals surface area (Å²) in [6.07, 6.45) is -4.07. The van der Waals surface area contributed by atoms with Gasteiger partial charge in [0.05, 0.1) is 23.5 Å². The van der Waals surface area contributed by atoms with Gasteiger partial charge < -0.3 is 10.1 Å². The summed E-state index contributed by atoms with van der Waals surface area (Å²) in [4.78, 5) is 12.5. The zero-order valence-electron chi connectivity index (χ0n) is 15.9. The van der Waals surface area contributed by atoms with Gasteiger partial charge in [0.15, 0.2) is 17.3 Å². The summed E-state index contributed by atoms with van der Waals surface area (Å²) in [5, 5.41) is 6.38. The predicted octanol–water partition coefficient (Wildman–Crippen LogP) is 5.02. The molecule has 164 valence electrons. The first-order valence-electron chi connectivity index (χ1n) is 8.86. The third-order valence-corrected chi connectivity index (χ3v) is 4.37. The van der Waals surface area contributed by atoms with E-state index in [0.29, 0.717) is 15.8 Å². The van der Waals surface area contributed by atoms with Crippen molar-refractivity contribution in [3.8, 4) is 11.4 Å². The molecule has 31 heavy (non-hydrogen) atoms. The molecule has 11 heteroatoms. The van der Waals surface area contributed by atoms with Crippen LogP contribution in [0.15, 0.2) is 48.7 Å². The van der Waals surface area contributed by atoms with E-state index in [4.69, 9.17) is 16.3 Å². The van der Waals surface area contributed by atoms with Crippen molar-refractivity contribution in [2.75, 3.05) is 6.61 Å². The van der Waals surface area contributed by atoms with Gasteiger partial charge in [0.1, 0.15) is 12.4 Å². The Kier molecular flexibility index (Phi) is 6.49. The van der Waals surface area contributed by atoms with Crippen molar-refractivity contribution in [3.05, 3.63) is 76.6 Å². The van der Waals surface area contributed by atoms with Crippen LogP contribution in [0.5, 0.6) is 5.75 Å². The molecule has 2 aromatic carbocycles. The molecule has 0 aliphatic rings. The third kappa shape index (κ3) is 5.32. The van der Waals surface area contributed by atoms with Gasteiger partial charge in [-0.1, -0.05) is 11.6 Å². The molecule has 1 amide bonds. The van der Waals surface area contributed by atoms with Crippen LogP contribution in [0.25, 0.3) is 5.69 Å². The molecule has 0 fully saturated rings. The summed E-state index contributed by atoms with van der Waals surface area (Å²) in [5.74, 6) is -3.03. The van der Waals surface area contributed by atoms with Crippen LogP contribution in [-0.4, -0.2) is 28.3 Å². The van der Waals surface area contributed by atoms with E-state index in [9.17, 15) is 26.7 Å². The molecular weight excluding hydrogens is 445 g/mol. The largest absolute Gasteiger partial charge is 0.488 e. The Morgan fingerprint density at radius 1 is 1.19 bits per heavy atom. The van der Waals surface area contributed by atoms with Gasteiger partial charge in [0, 0.05) is 11.1 Å². The van der Waals surface area contributed by atoms with Crippen LogP contribution in [0.4, 0.5) is 22.0 Å². The number of amides is 1. The van der Waals surface area contributed by atoms with E-state index >= 15 is 0 Å². The predicted molar refractivity (Wildman–Crippen MR) is 102 cm³/mol. The maximum atomic E-state index is 13.7. The Hall–Kier alpha value is -3.14. The van der Waals surface area contributed by atoms with Gasteiger partial charge in [-0.2, -0.15) is 18.3 Å². The Morgan fingerprint density at radius 2 is 1.87 bits per heavy atom. The minimum atomic E-state index is -4.88. The van der Waals surface area contributed by atoms with Gasteiger partial charge in [-0.15, -0.1) is 0 Å². The van der Waals surface area contributed by atoms with Crippen molar-refractivity contribution in [1.82, 2.24) is 15.1 Å². The minimum absolute atomic E-state index is 0.0685. The monoisotopic (exact) mass is 459 g/mol. The lowest BCUT2D eigenvalue weighted by Gasteiger charge is -2.17. The van der Waals surface area contributed by atoms with Gasteiger partial charge in [-0.3, -0.25) is 4.79 Å². The molecule has 1 unspecified atom stereocenters. The second-order valence-electron chi connectivity index (χ2n) is 6.55. The van der Waals surface area contributed by atoms with E-state index in [1.54, 1.807) is 0 Å². The fourth-order valence-electron chi connectivity index (χ4n) is 2.72. The zero-order chi connectivity index (χ0) is 22.8. The van der Waals surface area contributed by atoms with Crippen LogP contribution in [0.2, 0.25) is 5.02 Å². The minimum Gasteiger partial charge on any atom is -0.488 e. The lowest BCUT2D eigenvalue weighted by atomic mass is 10.2. The molecule has 0 aliphatic carbocycles. The fraction of sp³-hybridized carbons (Fsp3) is 0.200. The van der Waals surface area contributed by atoms with Crippen molar-refractivity contribution < 1.29 is 31.5 Å². The Balaban J connectivity index is 1.77. The molecule has 0 spiro atoms. The summed E-state index contributed by atoms with van der Waals surface area (Å²) in [5.41, 5.74) is -1.88.